The number of nitrogens with one attached hydrogen (secondary N) is 2. The normalized spacial score (nSPS) is 10.6. The lowest BCUT2D eigenvalue weighted by Crippen LogP contribution is -2.12. The molecule has 2 aromatic carbocycles. The number of carbonyl (C=O) groups excluding carboxylic acids is 2. The summed E-state index contributed by atoms with van der Waals surface area (Å²) in [6.07, 6.45) is 2.98. The molecule has 4 aromatic rings. The van der Waals surface area contributed by atoms with Gasteiger partial charge >= 0.3 is 0 Å². The van der Waals surface area contributed by atoms with Gasteiger partial charge in [0, 0.05) is 11.8 Å². The summed E-state index contributed by atoms with van der Waals surface area (Å²) in [4.78, 5) is 29.1. The minimum absolute atomic E-state index is 0.186. The topological polar surface area (TPSA) is 88.9 Å². The average molecular weight is 425 g/mol. The van der Waals surface area contributed by atoms with Crippen molar-refractivity contribution in [2.75, 3.05) is 10.6 Å². The molecule has 2 heterocycles. The maximum atomic E-state index is 13.7. The molecule has 0 aliphatic heterocycles. The summed E-state index contributed by atoms with van der Waals surface area (Å²) in [6.45, 7) is 0. The summed E-state index contributed by atoms with van der Waals surface area (Å²) in [5.74, 6) is -2.47. The van der Waals surface area contributed by atoms with Gasteiger partial charge in [-0.1, -0.05) is 0 Å². The van der Waals surface area contributed by atoms with Gasteiger partial charge in [0.25, 0.3) is 11.8 Å². The molecule has 0 saturated heterocycles. The predicted molar refractivity (Wildman–Crippen MR) is 108 cm³/mol. The molecule has 0 bridgehead atoms. The van der Waals surface area contributed by atoms with E-state index in [1.54, 1.807) is 35.3 Å². The van der Waals surface area contributed by atoms with Crippen LogP contribution in [0, 0.1) is 11.6 Å². The number of aromatic nitrogens is 3. The van der Waals surface area contributed by atoms with E-state index in [9.17, 15) is 18.4 Å². The maximum absolute atomic E-state index is 13.7. The van der Waals surface area contributed by atoms with Crippen molar-refractivity contribution in [2.45, 2.75) is 0 Å². The van der Waals surface area contributed by atoms with Crippen molar-refractivity contribution < 1.29 is 18.4 Å². The second-order valence-corrected chi connectivity index (χ2v) is 7.17. The van der Waals surface area contributed by atoms with Crippen molar-refractivity contribution in [1.29, 1.82) is 0 Å². The van der Waals surface area contributed by atoms with E-state index in [0.29, 0.717) is 10.6 Å². The van der Waals surface area contributed by atoms with Crippen LogP contribution in [0.1, 0.15) is 19.3 Å². The Kier molecular flexibility index (Phi) is 5.31. The fraction of sp³-hybridized carbons (Fsp3) is 0. The van der Waals surface area contributed by atoms with Gasteiger partial charge in [0.05, 0.1) is 21.1 Å². The zero-order valence-corrected chi connectivity index (χ0v) is 16.0. The lowest BCUT2D eigenvalue weighted by atomic mass is 10.2. The largest absolute Gasteiger partial charge is 0.321 e. The zero-order valence-electron chi connectivity index (χ0n) is 15.2. The second kappa shape index (κ2) is 8.21. The van der Waals surface area contributed by atoms with Gasteiger partial charge in [-0.05, 0) is 48.5 Å². The summed E-state index contributed by atoms with van der Waals surface area (Å²) in [5, 5.41) is 9.06. The molecule has 7 nitrogen and oxygen atoms in total. The summed E-state index contributed by atoms with van der Waals surface area (Å²) >= 11 is 0.936. The zero-order chi connectivity index (χ0) is 21.1. The molecule has 0 fully saturated rings. The Balaban J connectivity index is 1.42. The number of halogens is 2. The smallest absolute Gasteiger partial charge is 0.265 e. The van der Waals surface area contributed by atoms with E-state index in [2.05, 4.69) is 20.7 Å². The minimum Gasteiger partial charge on any atom is -0.321 e. The molecule has 10 heteroatoms. The van der Waals surface area contributed by atoms with Crippen LogP contribution in [0.2, 0.25) is 0 Å². The van der Waals surface area contributed by atoms with Crippen molar-refractivity contribution in [1.82, 2.24) is 14.8 Å². The molecule has 0 atom stereocenters. The van der Waals surface area contributed by atoms with E-state index >= 15 is 0 Å². The van der Waals surface area contributed by atoms with E-state index < -0.39 is 23.4 Å². The number of amides is 2. The van der Waals surface area contributed by atoms with Crippen LogP contribution < -0.4 is 10.6 Å². The van der Waals surface area contributed by atoms with Crippen molar-refractivity contribution in [3.8, 4) is 5.69 Å². The van der Waals surface area contributed by atoms with Crippen LogP contribution in [0.25, 0.3) is 5.69 Å². The molecule has 150 valence electrons. The predicted octanol–water partition coefficient (Wildman–Crippen LogP) is 4.11. The van der Waals surface area contributed by atoms with Gasteiger partial charge in [-0.3, -0.25) is 9.59 Å². The van der Waals surface area contributed by atoms with E-state index in [1.807, 2.05) is 0 Å². The van der Waals surface area contributed by atoms with Gasteiger partial charge in [-0.15, -0.1) is 11.3 Å². The molecular weight excluding hydrogens is 412 g/mol. The van der Waals surface area contributed by atoms with Gasteiger partial charge in [0.2, 0.25) is 0 Å². The number of carbonyl (C=O) groups is 2. The van der Waals surface area contributed by atoms with Crippen LogP contribution in [0.15, 0.2) is 67.3 Å². The Bertz CT molecular complexity index is 1210. The molecule has 2 amide bonds. The molecule has 0 unspecified atom stereocenters. The van der Waals surface area contributed by atoms with E-state index in [1.165, 1.54) is 18.5 Å². The SMILES string of the molecule is O=C(Nc1ccc(-n2cncn2)cc1)c1ccc(C(=O)Nc2cc(F)ccc2F)s1. The number of anilines is 2. The lowest BCUT2D eigenvalue weighted by Gasteiger charge is -2.06. The fourth-order valence-corrected chi connectivity index (χ4v) is 3.39. The first kappa shape index (κ1) is 19.4. The van der Waals surface area contributed by atoms with Crippen molar-refractivity contribution in [3.63, 3.8) is 0 Å². The number of thiophene rings is 1. The van der Waals surface area contributed by atoms with Gasteiger partial charge in [0.1, 0.15) is 24.3 Å². The number of hydrogen-bond donors (Lipinski definition) is 2. The van der Waals surface area contributed by atoms with Crippen LogP contribution >= 0.6 is 11.3 Å². The number of hydrogen-bond acceptors (Lipinski definition) is 5. The van der Waals surface area contributed by atoms with E-state index in [-0.39, 0.29) is 10.6 Å². The quantitative estimate of drug-likeness (QED) is 0.504. The number of rotatable bonds is 5. The van der Waals surface area contributed by atoms with Crippen LogP contribution in [0.4, 0.5) is 20.2 Å². The summed E-state index contributed by atoms with van der Waals surface area (Å²) in [7, 11) is 0. The Morgan fingerprint density at radius 3 is 2.27 bits per heavy atom. The monoisotopic (exact) mass is 425 g/mol. The fourth-order valence-electron chi connectivity index (χ4n) is 2.59. The number of nitrogens with zero attached hydrogens (tertiary/aromatic N) is 3. The first-order chi connectivity index (χ1) is 14.5. The van der Waals surface area contributed by atoms with Gasteiger partial charge in [0.15, 0.2) is 0 Å². The van der Waals surface area contributed by atoms with Crippen LogP contribution in [0.3, 0.4) is 0 Å². The molecule has 30 heavy (non-hydrogen) atoms. The highest BCUT2D eigenvalue weighted by Crippen LogP contribution is 2.22. The summed E-state index contributed by atoms with van der Waals surface area (Å²) in [5.41, 5.74) is 1.07. The van der Waals surface area contributed by atoms with Crippen LogP contribution in [-0.2, 0) is 0 Å². The molecule has 0 aliphatic carbocycles. The van der Waals surface area contributed by atoms with Crippen molar-refractivity contribution in [3.05, 3.63) is 88.6 Å². The molecule has 0 radical (unpaired) electrons. The number of benzene rings is 2. The maximum Gasteiger partial charge on any atom is 0.265 e. The third-order valence-corrected chi connectivity index (χ3v) is 5.12. The van der Waals surface area contributed by atoms with Gasteiger partial charge in [-0.2, -0.15) is 5.10 Å². The standard InChI is InChI=1S/C20H13F2N5O2S/c21-12-1-6-15(22)16(9-12)26-20(29)18-8-7-17(30-18)19(28)25-13-2-4-14(5-3-13)27-11-23-10-24-27/h1-11H,(H,25,28)(H,26,29). The first-order valence-corrected chi connectivity index (χ1v) is 9.44. The molecule has 0 spiro atoms. The Morgan fingerprint density at radius 2 is 1.60 bits per heavy atom. The highest BCUT2D eigenvalue weighted by Gasteiger charge is 2.16. The molecule has 2 N–H and O–H groups in total. The third-order valence-electron chi connectivity index (χ3n) is 4.04. The molecule has 4 rings (SSSR count). The third kappa shape index (κ3) is 4.23. The molecular formula is C20H13F2N5O2S. The summed E-state index contributed by atoms with van der Waals surface area (Å²) < 4.78 is 28.5. The van der Waals surface area contributed by atoms with Crippen molar-refractivity contribution in [2.24, 2.45) is 0 Å². The Morgan fingerprint density at radius 1 is 0.900 bits per heavy atom. The Labute approximate surface area is 173 Å². The second-order valence-electron chi connectivity index (χ2n) is 6.08. The van der Waals surface area contributed by atoms with Crippen LogP contribution in [0.5, 0.6) is 0 Å². The molecule has 2 aromatic heterocycles. The van der Waals surface area contributed by atoms with Gasteiger partial charge < -0.3 is 10.6 Å². The van der Waals surface area contributed by atoms with Gasteiger partial charge in [-0.25, -0.2) is 18.4 Å². The Hall–Kier alpha value is -3.92. The van der Waals surface area contributed by atoms with E-state index in [0.717, 1.165) is 35.2 Å². The highest BCUT2D eigenvalue weighted by molar-refractivity contribution is 7.16. The van der Waals surface area contributed by atoms with E-state index in [4.69, 9.17) is 0 Å². The average Bonchev–Trinajstić information content (AvgIpc) is 3.43. The summed E-state index contributed by atoms with van der Waals surface area (Å²) in [6, 6.07) is 12.7. The lowest BCUT2D eigenvalue weighted by molar-refractivity contribution is 0.102. The highest BCUT2D eigenvalue weighted by atomic mass is 32.1. The molecule has 0 aliphatic rings. The minimum atomic E-state index is -0.756. The van der Waals surface area contributed by atoms with Crippen molar-refractivity contribution >= 4 is 34.5 Å². The molecule has 0 saturated carbocycles. The first-order valence-electron chi connectivity index (χ1n) is 8.62. The van der Waals surface area contributed by atoms with Crippen LogP contribution in [-0.4, -0.2) is 26.6 Å².